The molecule has 0 aromatic carbocycles. The maximum atomic E-state index is 2.73. The summed E-state index contributed by atoms with van der Waals surface area (Å²) in [5.74, 6) is 2.82. The highest BCUT2D eigenvalue weighted by Gasteiger charge is 2.36. The zero-order valence-electron chi connectivity index (χ0n) is 12.7. The van der Waals surface area contributed by atoms with Crippen molar-refractivity contribution in [3.8, 4) is 0 Å². The summed E-state index contributed by atoms with van der Waals surface area (Å²) in [6, 6.07) is 0.826. The van der Waals surface area contributed by atoms with Crippen LogP contribution in [0.3, 0.4) is 0 Å². The normalized spacial score (nSPS) is 35.6. The largest absolute Gasteiger partial charge is 0.300 e. The van der Waals surface area contributed by atoms with E-state index >= 15 is 0 Å². The van der Waals surface area contributed by atoms with E-state index in [1.807, 2.05) is 0 Å². The van der Waals surface area contributed by atoms with Gasteiger partial charge in [0.1, 0.15) is 0 Å². The van der Waals surface area contributed by atoms with Crippen LogP contribution in [0.1, 0.15) is 39.5 Å². The van der Waals surface area contributed by atoms with Gasteiger partial charge in [-0.1, -0.05) is 26.0 Å². The van der Waals surface area contributed by atoms with E-state index in [-0.39, 0.29) is 0 Å². The Morgan fingerprint density at radius 3 is 2.26 bits per heavy atom. The number of rotatable bonds is 5. The number of fused-ring (bicyclic) bond motifs is 2. The summed E-state index contributed by atoms with van der Waals surface area (Å²) >= 11 is 0. The lowest BCUT2D eigenvalue weighted by atomic mass is 9.93. The van der Waals surface area contributed by atoms with Crippen LogP contribution in [0, 0.1) is 17.8 Å². The van der Waals surface area contributed by atoms with E-state index in [1.165, 1.54) is 58.4 Å². The molecule has 0 amide bonds. The van der Waals surface area contributed by atoms with Crippen molar-refractivity contribution in [1.29, 1.82) is 0 Å². The first kappa shape index (κ1) is 13.6. The molecule has 3 aliphatic rings. The van der Waals surface area contributed by atoms with Crippen molar-refractivity contribution in [2.24, 2.45) is 17.8 Å². The Hall–Kier alpha value is -0.340. The first-order valence-electron chi connectivity index (χ1n) is 8.44. The molecule has 3 atom stereocenters. The molecule has 0 radical (unpaired) electrons. The maximum absolute atomic E-state index is 2.73. The predicted molar refractivity (Wildman–Crippen MR) is 81.2 cm³/mol. The van der Waals surface area contributed by atoms with E-state index in [4.69, 9.17) is 0 Å². The van der Waals surface area contributed by atoms with E-state index in [0.29, 0.717) is 0 Å². The number of hydrogen-bond acceptors (Lipinski definition) is 2. The molecule has 0 spiro atoms. The first-order chi connectivity index (χ1) is 9.30. The summed E-state index contributed by atoms with van der Waals surface area (Å²) in [5, 5.41) is 0. The Kier molecular flexibility index (Phi) is 4.28. The van der Waals surface area contributed by atoms with Crippen LogP contribution in [-0.4, -0.2) is 48.6 Å². The molecule has 2 bridgehead atoms. The Balaban J connectivity index is 1.44. The zero-order chi connectivity index (χ0) is 13.2. The van der Waals surface area contributed by atoms with Crippen LogP contribution in [0.4, 0.5) is 0 Å². The maximum Gasteiger partial charge on any atom is 0.0113 e. The molecule has 0 unspecified atom stereocenters. The van der Waals surface area contributed by atoms with Crippen LogP contribution in [0.2, 0.25) is 0 Å². The van der Waals surface area contributed by atoms with Gasteiger partial charge in [-0.05, 0) is 43.4 Å². The van der Waals surface area contributed by atoms with Crippen molar-refractivity contribution >= 4 is 0 Å². The average molecular weight is 262 g/mol. The minimum atomic E-state index is 0.826. The quantitative estimate of drug-likeness (QED) is 0.703. The minimum Gasteiger partial charge on any atom is -0.300 e. The molecule has 1 saturated heterocycles. The van der Waals surface area contributed by atoms with Gasteiger partial charge in [-0.3, -0.25) is 4.90 Å². The average Bonchev–Trinajstić information content (AvgIpc) is 3.04. The third-order valence-corrected chi connectivity index (χ3v) is 5.77. The number of hydrogen-bond donors (Lipinski definition) is 0. The molecule has 0 N–H and O–H groups in total. The van der Waals surface area contributed by atoms with Gasteiger partial charge in [-0.2, -0.15) is 0 Å². The van der Waals surface area contributed by atoms with E-state index in [2.05, 4.69) is 35.8 Å². The molecule has 2 heteroatoms. The topological polar surface area (TPSA) is 6.48 Å². The molecule has 1 heterocycles. The van der Waals surface area contributed by atoms with Crippen molar-refractivity contribution < 1.29 is 0 Å². The molecule has 108 valence electrons. The van der Waals surface area contributed by atoms with Gasteiger partial charge >= 0.3 is 0 Å². The molecule has 1 saturated carbocycles. The second-order valence-electron chi connectivity index (χ2n) is 6.85. The highest BCUT2D eigenvalue weighted by Crippen LogP contribution is 2.43. The minimum absolute atomic E-state index is 0.826. The fourth-order valence-corrected chi connectivity index (χ4v) is 4.55. The Labute approximate surface area is 118 Å². The van der Waals surface area contributed by atoms with E-state index in [0.717, 1.165) is 23.8 Å². The summed E-state index contributed by atoms with van der Waals surface area (Å²) < 4.78 is 0. The molecule has 0 aromatic heterocycles. The first-order valence-corrected chi connectivity index (χ1v) is 8.44. The van der Waals surface area contributed by atoms with Gasteiger partial charge in [0.15, 0.2) is 0 Å². The number of piperazine rings is 1. The Morgan fingerprint density at radius 2 is 1.74 bits per heavy atom. The van der Waals surface area contributed by atoms with Crippen LogP contribution in [0.5, 0.6) is 0 Å². The number of allylic oxidation sites excluding steroid dienone is 2. The van der Waals surface area contributed by atoms with Crippen molar-refractivity contribution in [1.82, 2.24) is 9.80 Å². The molecule has 3 rings (SSSR count). The monoisotopic (exact) mass is 262 g/mol. The smallest absolute Gasteiger partial charge is 0.0113 e. The lowest BCUT2D eigenvalue weighted by Crippen LogP contribution is -2.51. The van der Waals surface area contributed by atoms with Crippen molar-refractivity contribution in [3.63, 3.8) is 0 Å². The lowest BCUT2D eigenvalue weighted by Gasteiger charge is -2.40. The fraction of sp³-hybridized carbons (Fsp3) is 0.882. The van der Waals surface area contributed by atoms with Gasteiger partial charge < -0.3 is 4.90 Å². The van der Waals surface area contributed by atoms with Crippen molar-refractivity contribution in [3.05, 3.63) is 12.2 Å². The standard InChI is InChI=1S/C17H30N2/c1-3-17(4-2)19-9-7-18(8-10-19)13-16-12-14-5-6-15(16)11-14/h5-6,14-17H,3-4,7-13H2,1-2H3/t14-,15-,16-/m1/s1. The van der Waals surface area contributed by atoms with Crippen molar-refractivity contribution in [2.75, 3.05) is 32.7 Å². The summed E-state index contributed by atoms with van der Waals surface area (Å²) in [7, 11) is 0. The van der Waals surface area contributed by atoms with Gasteiger partial charge in [-0.15, -0.1) is 0 Å². The SMILES string of the molecule is CCC(CC)N1CCN(C[C@H]2C[C@@H]3C=C[C@@H]2C3)CC1. The second-order valence-corrected chi connectivity index (χ2v) is 6.85. The highest BCUT2D eigenvalue weighted by atomic mass is 15.3. The third-order valence-electron chi connectivity index (χ3n) is 5.77. The van der Waals surface area contributed by atoms with Crippen molar-refractivity contribution in [2.45, 2.75) is 45.6 Å². The Morgan fingerprint density at radius 1 is 1.00 bits per heavy atom. The molecule has 2 fully saturated rings. The Bertz CT molecular complexity index is 313. The molecule has 2 nitrogen and oxygen atoms in total. The molecular weight excluding hydrogens is 232 g/mol. The van der Waals surface area contributed by atoms with Gasteiger partial charge in [0, 0.05) is 38.8 Å². The van der Waals surface area contributed by atoms with Gasteiger partial charge in [0.2, 0.25) is 0 Å². The van der Waals surface area contributed by atoms with Crippen LogP contribution in [0.15, 0.2) is 12.2 Å². The van der Waals surface area contributed by atoms with Gasteiger partial charge in [0.25, 0.3) is 0 Å². The molecular formula is C17H30N2. The summed E-state index contributed by atoms with van der Waals surface area (Å²) in [6.07, 6.45) is 10.5. The summed E-state index contributed by atoms with van der Waals surface area (Å²) in [4.78, 5) is 5.45. The van der Waals surface area contributed by atoms with Crippen LogP contribution >= 0.6 is 0 Å². The van der Waals surface area contributed by atoms with E-state index in [1.54, 1.807) is 0 Å². The van der Waals surface area contributed by atoms with Gasteiger partial charge in [0.05, 0.1) is 0 Å². The van der Waals surface area contributed by atoms with E-state index in [9.17, 15) is 0 Å². The van der Waals surface area contributed by atoms with Crippen LogP contribution in [0.25, 0.3) is 0 Å². The van der Waals surface area contributed by atoms with Gasteiger partial charge in [-0.25, -0.2) is 0 Å². The molecule has 1 aliphatic heterocycles. The predicted octanol–water partition coefficient (Wildman–Crippen LogP) is 3.00. The van der Waals surface area contributed by atoms with Crippen LogP contribution in [-0.2, 0) is 0 Å². The fourth-order valence-electron chi connectivity index (χ4n) is 4.55. The zero-order valence-corrected chi connectivity index (χ0v) is 12.7. The molecule has 19 heavy (non-hydrogen) atoms. The molecule has 2 aliphatic carbocycles. The third kappa shape index (κ3) is 2.90. The number of nitrogens with zero attached hydrogens (tertiary/aromatic N) is 2. The van der Waals surface area contributed by atoms with Crippen LogP contribution < -0.4 is 0 Å². The highest BCUT2D eigenvalue weighted by molar-refractivity contribution is 5.10. The second kappa shape index (κ2) is 5.97. The summed E-state index contributed by atoms with van der Waals surface area (Å²) in [6.45, 7) is 11.2. The van der Waals surface area contributed by atoms with E-state index < -0.39 is 0 Å². The lowest BCUT2D eigenvalue weighted by molar-refractivity contribution is 0.0796. The summed E-state index contributed by atoms with van der Waals surface area (Å²) in [5.41, 5.74) is 0. The molecule has 0 aromatic rings.